The van der Waals surface area contributed by atoms with Gasteiger partial charge in [0.1, 0.15) is 29.2 Å². The number of methoxy groups -OCH3 is 2. The summed E-state index contributed by atoms with van der Waals surface area (Å²) >= 11 is 3.39. The molecular weight excluding hydrogens is 402 g/mol. The third-order valence-electron chi connectivity index (χ3n) is 3.56. The number of rotatable bonds is 6. The van der Waals surface area contributed by atoms with Crippen molar-refractivity contribution in [3.63, 3.8) is 0 Å². The first-order chi connectivity index (χ1) is 12.5. The Morgan fingerprint density at radius 2 is 2.12 bits per heavy atom. The number of nitrogens with zero attached hydrogens (tertiary/aromatic N) is 4. The lowest BCUT2D eigenvalue weighted by Crippen LogP contribution is -2.07. The van der Waals surface area contributed by atoms with Gasteiger partial charge in [0.25, 0.3) is 0 Å². The van der Waals surface area contributed by atoms with Crippen LogP contribution in [0.5, 0.6) is 11.5 Å². The molecule has 1 aromatic heterocycles. The number of halogens is 1. The topological polar surface area (TPSA) is 130 Å². The van der Waals surface area contributed by atoms with Crippen molar-refractivity contribution < 1.29 is 14.6 Å². The molecule has 8 nitrogen and oxygen atoms in total. The van der Waals surface area contributed by atoms with E-state index in [1.54, 1.807) is 18.2 Å². The molecule has 0 unspecified atom stereocenters. The van der Waals surface area contributed by atoms with Gasteiger partial charge in [0.2, 0.25) is 0 Å². The van der Waals surface area contributed by atoms with Crippen molar-refractivity contribution in [2.45, 2.75) is 6.54 Å². The number of nitrogen functional groups attached to an aromatic ring is 1. The van der Waals surface area contributed by atoms with E-state index >= 15 is 0 Å². The molecule has 0 amide bonds. The number of benzene rings is 1. The summed E-state index contributed by atoms with van der Waals surface area (Å²) in [5.74, 6) is 1.11. The molecule has 0 atom stereocenters. The zero-order chi connectivity index (χ0) is 19.3. The minimum Gasteiger partial charge on any atom is -0.493 e. The molecule has 0 aliphatic carbocycles. The molecule has 134 valence electrons. The van der Waals surface area contributed by atoms with Crippen LogP contribution in [0.15, 0.2) is 16.6 Å². The summed E-state index contributed by atoms with van der Waals surface area (Å²) in [6.07, 6.45) is 1.57. The van der Waals surface area contributed by atoms with Crippen LogP contribution in [0.2, 0.25) is 0 Å². The minimum absolute atomic E-state index is 0.0887. The summed E-state index contributed by atoms with van der Waals surface area (Å²) in [4.78, 5) is 0. The number of aliphatic hydroxyl groups is 1. The highest BCUT2D eigenvalue weighted by Crippen LogP contribution is 2.37. The average Bonchev–Trinajstić information content (AvgIpc) is 2.95. The number of allylic oxidation sites excluding steroid dienone is 1. The molecule has 26 heavy (non-hydrogen) atoms. The Kier molecular flexibility index (Phi) is 6.23. The van der Waals surface area contributed by atoms with Crippen LogP contribution in [0.25, 0.3) is 11.6 Å². The van der Waals surface area contributed by atoms with Gasteiger partial charge in [-0.15, -0.1) is 0 Å². The van der Waals surface area contributed by atoms with E-state index in [0.29, 0.717) is 21.5 Å². The van der Waals surface area contributed by atoms with Crippen molar-refractivity contribution in [1.29, 1.82) is 10.5 Å². The van der Waals surface area contributed by atoms with Crippen LogP contribution in [-0.4, -0.2) is 35.7 Å². The summed E-state index contributed by atoms with van der Waals surface area (Å²) in [6, 6.07) is 7.44. The summed E-state index contributed by atoms with van der Waals surface area (Å²) in [5, 5.41) is 32.2. The Labute approximate surface area is 158 Å². The lowest BCUT2D eigenvalue weighted by atomic mass is 10.1. The van der Waals surface area contributed by atoms with E-state index in [0.717, 1.165) is 0 Å². The molecule has 0 spiro atoms. The SMILES string of the molecule is COc1cc(/C=C(\C#N)c2nn(CCO)c(N)c2C#N)cc(Br)c1OC. The van der Waals surface area contributed by atoms with E-state index in [9.17, 15) is 10.5 Å². The Bertz CT molecular complexity index is 937. The molecule has 3 N–H and O–H groups in total. The van der Waals surface area contributed by atoms with Crippen molar-refractivity contribution in [3.8, 4) is 23.6 Å². The highest BCUT2D eigenvalue weighted by molar-refractivity contribution is 9.10. The van der Waals surface area contributed by atoms with Crippen LogP contribution in [-0.2, 0) is 6.54 Å². The summed E-state index contributed by atoms with van der Waals surface area (Å²) in [5.41, 5.74) is 6.93. The van der Waals surface area contributed by atoms with Crippen LogP contribution in [0.1, 0.15) is 16.8 Å². The number of hydrogen-bond acceptors (Lipinski definition) is 7. The quantitative estimate of drug-likeness (QED) is 0.688. The van der Waals surface area contributed by atoms with Gasteiger partial charge in [-0.2, -0.15) is 15.6 Å². The Hall–Kier alpha value is -3.01. The Balaban J connectivity index is 2.60. The van der Waals surface area contributed by atoms with E-state index in [4.69, 9.17) is 20.3 Å². The van der Waals surface area contributed by atoms with Crippen LogP contribution in [0.4, 0.5) is 5.82 Å². The van der Waals surface area contributed by atoms with Crippen molar-refractivity contribution in [2.24, 2.45) is 0 Å². The lowest BCUT2D eigenvalue weighted by Gasteiger charge is -2.10. The third kappa shape index (κ3) is 3.64. The fourth-order valence-corrected chi connectivity index (χ4v) is 3.00. The number of anilines is 1. The van der Waals surface area contributed by atoms with Crippen LogP contribution < -0.4 is 15.2 Å². The van der Waals surface area contributed by atoms with Gasteiger partial charge in [-0.1, -0.05) is 0 Å². The van der Waals surface area contributed by atoms with Crippen LogP contribution >= 0.6 is 15.9 Å². The maximum Gasteiger partial charge on any atom is 0.174 e. The highest BCUT2D eigenvalue weighted by atomic mass is 79.9. The average molecular weight is 418 g/mol. The molecular formula is C17H16BrN5O3. The zero-order valence-corrected chi connectivity index (χ0v) is 15.7. The largest absolute Gasteiger partial charge is 0.493 e. The molecule has 1 heterocycles. The second kappa shape index (κ2) is 8.39. The molecule has 2 aromatic rings. The summed E-state index contributed by atoms with van der Waals surface area (Å²) in [6.45, 7) is -0.0639. The molecule has 2 rings (SSSR count). The van der Waals surface area contributed by atoms with E-state index in [1.807, 2.05) is 12.1 Å². The molecule has 0 saturated heterocycles. The molecule has 0 bridgehead atoms. The second-order valence-electron chi connectivity index (χ2n) is 5.08. The van der Waals surface area contributed by atoms with Crippen LogP contribution in [0, 0.1) is 22.7 Å². The van der Waals surface area contributed by atoms with Gasteiger partial charge in [-0.25, -0.2) is 4.68 Å². The van der Waals surface area contributed by atoms with Gasteiger partial charge in [-0.05, 0) is 39.7 Å². The van der Waals surface area contributed by atoms with E-state index in [-0.39, 0.29) is 35.8 Å². The maximum atomic E-state index is 9.55. The number of ether oxygens (including phenoxy) is 2. The smallest absolute Gasteiger partial charge is 0.174 e. The van der Waals surface area contributed by atoms with Gasteiger partial charge >= 0.3 is 0 Å². The van der Waals surface area contributed by atoms with Gasteiger partial charge < -0.3 is 20.3 Å². The maximum absolute atomic E-state index is 9.55. The molecule has 0 fully saturated rings. The monoisotopic (exact) mass is 417 g/mol. The van der Waals surface area contributed by atoms with Gasteiger partial charge in [0.15, 0.2) is 11.5 Å². The number of hydrogen-bond donors (Lipinski definition) is 2. The lowest BCUT2D eigenvalue weighted by molar-refractivity contribution is 0.270. The fourth-order valence-electron chi connectivity index (χ4n) is 2.38. The molecule has 1 aromatic carbocycles. The van der Waals surface area contributed by atoms with E-state index < -0.39 is 0 Å². The molecule has 0 saturated carbocycles. The number of aliphatic hydroxyl groups excluding tert-OH is 1. The fraction of sp³-hybridized carbons (Fsp3) is 0.235. The van der Waals surface area contributed by atoms with E-state index in [2.05, 4.69) is 21.0 Å². The first-order valence-corrected chi connectivity index (χ1v) is 8.20. The Morgan fingerprint density at radius 1 is 1.38 bits per heavy atom. The van der Waals surface area contributed by atoms with Crippen molar-refractivity contribution in [3.05, 3.63) is 33.4 Å². The normalized spacial score (nSPS) is 10.9. The van der Waals surface area contributed by atoms with Crippen molar-refractivity contribution in [2.75, 3.05) is 26.6 Å². The number of nitrogens with two attached hydrogens (primary N) is 1. The van der Waals surface area contributed by atoms with Crippen molar-refractivity contribution >= 4 is 33.4 Å². The first kappa shape index (κ1) is 19.3. The predicted molar refractivity (Wildman–Crippen MR) is 99.2 cm³/mol. The first-order valence-electron chi connectivity index (χ1n) is 7.41. The summed E-state index contributed by atoms with van der Waals surface area (Å²) in [7, 11) is 3.03. The highest BCUT2D eigenvalue weighted by Gasteiger charge is 2.19. The Morgan fingerprint density at radius 3 is 2.65 bits per heavy atom. The zero-order valence-electron chi connectivity index (χ0n) is 14.2. The predicted octanol–water partition coefficient (Wildman–Crippen LogP) is 2.17. The summed E-state index contributed by atoms with van der Waals surface area (Å²) < 4.78 is 12.5. The van der Waals surface area contributed by atoms with Crippen molar-refractivity contribution in [1.82, 2.24) is 9.78 Å². The molecule has 0 aliphatic heterocycles. The number of aromatic nitrogens is 2. The standard InChI is InChI=1S/C17H16BrN5O3/c1-25-14-7-10(6-13(18)16(14)26-2)5-11(8-19)15-12(9-20)17(21)23(22-15)3-4-24/h5-7,24H,3-4,21H2,1-2H3/b11-5+. The second-order valence-corrected chi connectivity index (χ2v) is 5.93. The van der Waals surface area contributed by atoms with Gasteiger partial charge in [-0.3, -0.25) is 0 Å². The van der Waals surface area contributed by atoms with Gasteiger partial charge in [0.05, 0.1) is 37.4 Å². The van der Waals surface area contributed by atoms with Gasteiger partial charge in [0, 0.05) is 0 Å². The molecule has 0 aliphatic rings. The minimum atomic E-state index is -0.190. The van der Waals surface area contributed by atoms with Crippen LogP contribution in [0.3, 0.4) is 0 Å². The molecule has 9 heteroatoms. The molecule has 0 radical (unpaired) electrons. The third-order valence-corrected chi connectivity index (χ3v) is 4.15. The van der Waals surface area contributed by atoms with E-state index in [1.165, 1.54) is 18.9 Å². The number of nitriles is 2.